The Bertz CT molecular complexity index is 1130. The number of thiol groups is 1. The van der Waals surface area contributed by atoms with Crippen molar-refractivity contribution < 1.29 is 23.4 Å². The number of hydrogen-bond acceptors (Lipinski definition) is 6. The quantitative estimate of drug-likeness (QED) is 0.325. The first-order chi connectivity index (χ1) is 14.9. The van der Waals surface area contributed by atoms with Crippen LogP contribution in [0.3, 0.4) is 0 Å². The number of phenols is 2. The monoisotopic (exact) mass is 442 g/mol. The molecule has 3 aromatic rings. The predicted molar refractivity (Wildman–Crippen MR) is 122 cm³/mol. The van der Waals surface area contributed by atoms with Crippen molar-refractivity contribution in [1.29, 1.82) is 0 Å². The second-order valence-electron chi connectivity index (χ2n) is 7.34. The Labute approximate surface area is 182 Å². The molecule has 3 aromatic carbocycles. The van der Waals surface area contributed by atoms with Gasteiger partial charge in [-0.15, -0.1) is 0 Å². The number of amides is 1. The lowest BCUT2D eigenvalue weighted by Crippen LogP contribution is -2.25. The van der Waals surface area contributed by atoms with Crippen LogP contribution < -0.4 is 10.6 Å². The lowest BCUT2D eigenvalue weighted by atomic mass is 10.0. The minimum absolute atomic E-state index is 0.0885. The predicted octanol–water partition coefficient (Wildman–Crippen LogP) is 3.37. The number of rotatable bonds is 9. The molecule has 0 saturated heterocycles. The van der Waals surface area contributed by atoms with Gasteiger partial charge in [0.25, 0.3) is 5.91 Å². The molecule has 0 heterocycles. The smallest absolute Gasteiger partial charge is 0.255 e. The standard InChI is InChI=1S/C23H26N2O5S/c1-2-3-22(31(29)30)25-18-7-4-15(5-8-18)10-11-24-23(28)20-13-17-12-19(26)9-6-16(17)14-21(20)27/h4-9,12-14,22,25-27,31H,2-3,10-11H2,1H3,(H,24,28). The van der Waals surface area contributed by atoms with Gasteiger partial charge in [-0.1, -0.05) is 31.5 Å². The normalized spacial score (nSPS) is 12.1. The summed E-state index contributed by atoms with van der Waals surface area (Å²) in [6.07, 6.45) is 1.90. The second-order valence-corrected chi connectivity index (χ2v) is 8.53. The van der Waals surface area contributed by atoms with Gasteiger partial charge in [0, 0.05) is 12.2 Å². The van der Waals surface area contributed by atoms with Gasteiger partial charge in [-0.3, -0.25) is 4.79 Å². The molecule has 0 aliphatic carbocycles. The van der Waals surface area contributed by atoms with E-state index in [2.05, 4.69) is 10.6 Å². The molecule has 0 radical (unpaired) electrons. The topological polar surface area (TPSA) is 116 Å². The van der Waals surface area contributed by atoms with Crippen LogP contribution in [-0.4, -0.2) is 36.5 Å². The Morgan fingerprint density at radius 1 is 1.00 bits per heavy atom. The summed E-state index contributed by atoms with van der Waals surface area (Å²) >= 11 is 0. The molecular weight excluding hydrogens is 416 g/mol. The third-order valence-corrected chi connectivity index (χ3v) is 5.88. The maximum atomic E-state index is 12.5. The minimum atomic E-state index is -2.55. The fourth-order valence-electron chi connectivity index (χ4n) is 3.33. The number of fused-ring (bicyclic) bond motifs is 1. The summed E-state index contributed by atoms with van der Waals surface area (Å²) in [5, 5.41) is 26.4. The number of phenolic OH excluding ortho intramolecular Hbond substituents is 2. The van der Waals surface area contributed by atoms with Gasteiger partial charge in [-0.2, -0.15) is 0 Å². The van der Waals surface area contributed by atoms with Crippen LogP contribution in [0.5, 0.6) is 11.5 Å². The summed E-state index contributed by atoms with van der Waals surface area (Å²) in [6, 6.07) is 15.2. The molecule has 7 nitrogen and oxygen atoms in total. The number of carbonyl (C=O) groups excluding carboxylic acids is 1. The molecule has 0 bridgehead atoms. The zero-order chi connectivity index (χ0) is 22.4. The van der Waals surface area contributed by atoms with Crippen molar-refractivity contribution in [3.8, 4) is 11.5 Å². The van der Waals surface area contributed by atoms with Crippen LogP contribution in [0.15, 0.2) is 54.6 Å². The second kappa shape index (κ2) is 10.2. The van der Waals surface area contributed by atoms with Gasteiger partial charge >= 0.3 is 0 Å². The maximum Gasteiger partial charge on any atom is 0.255 e. The van der Waals surface area contributed by atoms with Crippen LogP contribution in [0.2, 0.25) is 0 Å². The molecule has 1 amide bonds. The van der Waals surface area contributed by atoms with E-state index in [9.17, 15) is 23.4 Å². The van der Waals surface area contributed by atoms with E-state index in [0.717, 1.165) is 23.1 Å². The molecular formula is C23H26N2O5S. The van der Waals surface area contributed by atoms with E-state index in [1.165, 1.54) is 18.2 Å². The Balaban J connectivity index is 1.58. The average Bonchev–Trinajstić information content (AvgIpc) is 2.74. The Morgan fingerprint density at radius 3 is 2.42 bits per heavy atom. The van der Waals surface area contributed by atoms with Crippen molar-refractivity contribution in [2.75, 3.05) is 11.9 Å². The van der Waals surface area contributed by atoms with Gasteiger partial charge < -0.3 is 20.8 Å². The van der Waals surface area contributed by atoms with Crippen LogP contribution in [0, 0.1) is 0 Å². The van der Waals surface area contributed by atoms with Crippen LogP contribution in [0.4, 0.5) is 5.69 Å². The third-order valence-electron chi connectivity index (χ3n) is 4.99. The van der Waals surface area contributed by atoms with Gasteiger partial charge in [0.05, 0.1) is 5.56 Å². The number of aromatic hydroxyl groups is 2. The van der Waals surface area contributed by atoms with Gasteiger partial charge in [0.1, 0.15) is 16.9 Å². The summed E-state index contributed by atoms with van der Waals surface area (Å²) in [5.41, 5.74) is 1.86. The molecule has 0 aliphatic rings. The van der Waals surface area contributed by atoms with Crippen LogP contribution in [-0.2, 0) is 17.1 Å². The lowest BCUT2D eigenvalue weighted by molar-refractivity contribution is 0.0951. The van der Waals surface area contributed by atoms with Crippen molar-refractivity contribution in [3.05, 3.63) is 65.7 Å². The van der Waals surface area contributed by atoms with Gasteiger partial charge in [-0.05, 0) is 65.6 Å². The lowest BCUT2D eigenvalue weighted by Gasteiger charge is -2.14. The van der Waals surface area contributed by atoms with Crippen molar-refractivity contribution >= 4 is 33.1 Å². The Kier molecular flexibility index (Phi) is 7.36. The van der Waals surface area contributed by atoms with E-state index in [1.54, 1.807) is 12.1 Å². The molecule has 164 valence electrons. The molecule has 0 saturated carbocycles. The van der Waals surface area contributed by atoms with Crippen molar-refractivity contribution in [3.63, 3.8) is 0 Å². The molecule has 31 heavy (non-hydrogen) atoms. The first-order valence-corrected chi connectivity index (χ1v) is 11.3. The summed E-state index contributed by atoms with van der Waals surface area (Å²) in [7, 11) is -2.55. The molecule has 0 spiro atoms. The highest BCUT2D eigenvalue weighted by atomic mass is 32.2. The highest BCUT2D eigenvalue weighted by molar-refractivity contribution is 7.73. The minimum Gasteiger partial charge on any atom is -0.508 e. The highest BCUT2D eigenvalue weighted by Gasteiger charge is 2.13. The Morgan fingerprint density at radius 2 is 1.74 bits per heavy atom. The average molecular weight is 443 g/mol. The number of hydrogen-bond donors (Lipinski definition) is 5. The zero-order valence-corrected chi connectivity index (χ0v) is 18.1. The number of anilines is 1. The van der Waals surface area contributed by atoms with Gasteiger partial charge in [0.15, 0.2) is 10.7 Å². The summed E-state index contributed by atoms with van der Waals surface area (Å²) in [5.74, 6) is -0.433. The molecule has 1 atom stereocenters. The van der Waals surface area contributed by atoms with Gasteiger partial charge in [-0.25, -0.2) is 8.42 Å². The maximum absolute atomic E-state index is 12.5. The van der Waals surface area contributed by atoms with E-state index in [0.29, 0.717) is 24.8 Å². The molecule has 4 N–H and O–H groups in total. The van der Waals surface area contributed by atoms with Crippen molar-refractivity contribution in [1.82, 2.24) is 5.32 Å². The van der Waals surface area contributed by atoms with E-state index in [1.807, 2.05) is 31.2 Å². The highest BCUT2D eigenvalue weighted by Crippen LogP contribution is 2.27. The van der Waals surface area contributed by atoms with Gasteiger partial charge in [0.2, 0.25) is 0 Å². The third kappa shape index (κ3) is 5.88. The van der Waals surface area contributed by atoms with Crippen LogP contribution >= 0.6 is 0 Å². The van der Waals surface area contributed by atoms with E-state index in [4.69, 9.17) is 0 Å². The van der Waals surface area contributed by atoms with E-state index >= 15 is 0 Å². The fraction of sp³-hybridized carbons (Fsp3) is 0.261. The largest absolute Gasteiger partial charge is 0.508 e. The molecule has 0 fully saturated rings. The summed E-state index contributed by atoms with van der Waals surface area (Å²) in [4.78, 5) is 12.5. The molecule has 8 heteroatoms. The molecule has 3 rings (SSSR count). The Hall–Kier alpha value is -3.26. The van der Waals surface area contributed by atoms with E-state index < -0.39 is 22.0 Å². The first kappa shape index (κ1) is 22.4. The van der Waals surface area contributed by atoms with Crippen LogP contribution in [0.25, 0.3) is 10.8 Å². The molecule has 1 unspecified atom stereocenters. The number of carbonyl (C=O) groups is 1. The summed E-state index contributed by atoms with van der Waals surface area (Å²) < 4.78 is 22.6. The fourth-order valence-corrected chi connectivity index (χ4v) is 4.06. The van der Waals surface area contributed by atoms with E-state index in [-0.39, 0.29) is 17.1 Å². The number of nitrogens with one attached hydrogen (secondary N) is 2. The first-order valence-electron chi connectivity index (χ1n) is 10.1. The number of benzene rings is 3. The molecule has 0 aromatic heterocycles. The summed E-state index contributed by atoms with van der Waals surface area (Å²) in [6.45, 7) is 2.31. The van der Waals surface area contributed by atoms with Crippen molar-refractivity contribution in [2.24, 2.45) is 0 Å². The van der Waals surface area contributed by atoms with Crippen LogP contribution in [0.1, 0.15) is 35.7 Å². The zero-order valence-electron chi connectivity index (χ0n) is 17.2. The molecule has 0 aliphatic heterocycles. The van der Waals surface area contributed by atoms with Crippen molar-refractivity contribution in [2.45, 2.75) is 31.6 Å². The SMILES string of the molecule is CCCC(Nc1ccc(CCNC(=O)c2cc3cc(O)ccc3cc2O)cc1)[SH](=O)=O.